The van der Waals surface area contributed by atoms with Crippen molar-refractivity contribution < 1.29 is 9.72 Å². The topological polar surface area (TPSA) is 72.2 Å². The van der Waals surface area contributed by atoms with E-state index in [4.69, 9.17) is 11.6 Å². The fourth-order valence-electron chi connectivity index (χ4n) is 1.88. The van der Waals surface area contributed by atoms with E-state index in [1.165, 1.54) is 18.2 Å². The predicted molar refractivity (Wildman–Crippen MR) is 91.7 cm³/mol. The molecule has 23 heavy (non-hydrogen) atoms. The summed E-state index contributed by atoms with van der Waals surface area (Å²) in [6, 6.07) is 13.3. The van der Waals surface area contributed by atoms with Gasteiger partial charge in [0, 0.05) is 35.8 Å². The van der Waals surface area contributed by atoms with E-state index in [0.29, 0.717) is 18.0 Å². The summed E-state index contributed by atoms with van der Waals surface area (Å²) in [5.41, 5.74) is 1.68. The second-order valence-corrected chi connectivity index (χ2v) is 5.27. The van der Waals surface area contributed by atoms with Crippen molar-refractivity contribution in [2.75, 3.05) is 11.9 Å². The van der Waals surface area contributed by atoms with Gasteiger partial charge >= 0.3 is 0 Å². The van der Waals surface area contributed by atoms with E-state index < -0.39 is 4.92 Å². The first-order valence-corrected chi connectivity index (χ1v) is 7.37. The van der Waals surface area contributed by atoms with Gasteiger partial charge in [0.15, 0.2) is 5.78 Å². The lowest BCUT2D eigenvalue weighted by molar-refractivity contribution is -0.384. The Bertz CT molecular complexity index is 710. The lowest BCUT2D eigenvalue weighted by atomic mass is 10.1. The van der Waals surface area contributed by atoms with Crippen molar-refractivity contribution in [3.63, 3.8) is 0 Å². The van der Waals surface area contributed by atoms with Crippen LogP contribution in [0, 0.1) is 10.1 Å². The molecule has 0 bridgehead atoms. The van der Waals surface area contributed by atoms with Crippen LogP contribution in [0.4, 0.5) is 11.4 Å². The first kappa shape index (κ1) is 16.7. The quantitative estimate of drug-likeness (QED) is 0.466. The van der Waals surface area contributed by atoms with Gasteiger partial charge in [-0.2, -0.15) is 0 Å². The number of nitrogens with one attached hydrogen (secondary N) is 1. The summed E-state index contributed by atoms with van der Waals surface area (Å²) in [5, 5.41) is 14.3. The van der Waals surface area contributed by atoms with E-state index >= 15 is 0 Å². The second-order valence-electron chi connectivity index (χ2n) is 4.83. The normalized spacial score (nSPS) is 10.7. The Morgan fingerprint density at radius 2 is 1.78 bits per heavy atom. The van der Waals surface area contributed by atoms with Crippen LogP contribution in [0.15, 0.2) is 54.6 Å². The second kappa shape index (κ2) is 8.10. The highest BCUT2D eigenvalue weighted by atomic mass is 35.5. The third-order valence-electron chi connectivity index (χ3n) is 3.11. The summed E-state index contributed by atoms with van der Waals surface area (Å²) in [6.07, 6.45) is 3.48. The maximum Gasteiger partial charge on any atom is 0.269 e. The molecule has 1 N–H and O–H groups in total. The molecule has 0 saturated carbocycles. The molecule has 0 aromatic heterocycles. The maximum atomic E-state index is 11.8. The van der Waals surface area contributed by atoms with Gasteiger partial charge in [-0.3, -0.25) is 14.9 Å². The zero-order valence-corrected chi connectivity index (χ0v) is 13.0. The number of carbonyl (C=O) groups excluding carboxylic acids is 1. The number of non-ortho nitro benzene ring substituents is 1. The van der Waals surface area contributed by atoms with Crippen molar-refractivity contribution in [3.8, 4) is 0 Å². The molecule has 0 fully saturated rings. The van der Waals surface area contributed by atoms with Gasteiger partial charge in [-0.15, -0.1) is 0 Å². The average Bonchev–Trinajstić information content (AvgIpc) is 2.55. The highest BCUT2D eigenvalue weighted by molar-refractivity contribution is 6.30. The first-order chi connectivity index (χ1) is 11.0. The van der Waals surface area contributed by atoms with Crippen LogP contribution in [0.5, 0.6) is 0 Å². The van der Waals surface area contributed by atoms with Crippen molar-refractivity contribution in [2.24, 2.45) is 0 Å². The van der Waals surface area contributed by atoms with Crippen LogP contribution < -0.4 is 5.32 Å². The molecule has 2 aromatic carbocycles. The van der Waals surface area contributed by atoms with Gasteiger partial charge in [0.25, 0.3) is 5.69 Å². The molecule has 0 heterocycles. The molecule has 0 spiro atoms. The van der Waals surface area contributed by atoms with Crippen LogP contribution in [-0.4, -0.2) is 17.3 Å². The lowest BCUT2D eigenvalue weighted by Crippen LogP contribution is -2.06. The first-order valence-electron chi connectivity index (χ1n) is 6.99. The predicted octanol–water partition coefficient (Wildman–Crippen LogP) is 4.33. The third kappa shape index (κ3) is 5.56. The Kier molecular flexibility index (Phi) is 5.88. The minimum absolute atomic E-state index is 0.0233. The summed E-state index contributed by atoms with van der Waals surface area (Å²) in [5.74, 6) is -0.0233. The molecule has 0 radical (unpaired) electrons. The summed E-state index contributed by atoms with van der Waals surface area (Å²) in [6.45, 7) is 0.519. The van der Waals surface area contributed by atoms with Crippen molar-refractivity contribution in [3.05, 3.63) is 75.3 Å². The summed E-state index contributed by atoms with van der Waals surface area (Å²) < 4.78 is 0. The number of halogens is 1. The number of ketones is 1. The Labute approximate surface area is 138 Å². The van der Waals surface area contributed by atoms with E-state index in [0.717, 1.165) is 11.3 Å². The molecule has 0 aliphatic rings. The van der Waals surface area contributed by atoms with Gasteiger partial charge in [-0.25, -0.2) is 0 Å². The number of nitrogens with zero attached hydrogens (tertiary/aromatic N) is 1. The number of hydrogen-bond acceptors (Lipinski definition) is 4. The number of rotatable bonds is 7. The zero-order valence-electron chi connectivity index (χ0n) is 12.2. The largest absolute Gasteiger partial charge is 0.385 e. The van der Waals surface area contributed by atoms with Crippen molar-refractivity contribution in [1.29, 1.82) is 0 Å². The van der Waals surface area contributed by atoms with E-state index in [1.807, 2.05) is 12.1 Å². The molecule has 0 unspecified atom stereocenters. The summed E-state index contributed by atoms with van der Waals surface area (Å²) >= 11 is 5.79. The van der Waals surface area contributed by atoms with Crippen molar-refractivity contribution >= 4 is 34.8 Å². The molecule has 0 amide bonds. The molecule has 6 heteroatoms. The molecule has 2 rings (SSSR count). The average molecular weight is 331 g/mol. The SMILES string of the molecule is O=C(C=Cc1ccc([N+](=O)[O-])cc1)CCNc1ccc(Cl)cc1. The molecule has 0 aliphatic heterocycles. The third-order valence-corrected chi connectivity index (χ3v) is 3.36. The monoisotopic (exact) mass is 330 g/mol. The van der Waals surface area contributed by atoms with Gasteiger partial charge in [0.05, 0.1) is 4.92 Å². The smallest absolute Gasteiger partial charge is 0.269 e. The minimum atomic E-state index is -0.457. The van der Waals surface area contributed by atoms with Gasteiger partial charge in [-0.05, 0) is 48.0 Å². The minimum Gasteiger partial charge on any atom is -0.385 e. The molecule has 0 atom stereocenters. The van der Waals surface area contributed by atoms with Gasteiger partial charge in [-0.1, -0.05) is 17.7 Å². The van der Waals surface area contributed by atoms with Crippen LogP contribution in [0.3, 0.4) is 0 Å². The number of hydrogen-bond donors (Lipinski definition) is 1. The molecule has 5 nitrogen and oxygen atoms in total. The van der Waals surface area contributed by atoms with Crippen LogP contribution in [0.25, 0.3) is 6.08 Å². The van der Waals surface area contributed by atoms with Crippen LogP contribution in [0.2, 0.25) is 5.02 Å². The standard InChI is InChI=1S/C17H15ClN2O3/c18-14-4-6-15(7-5-14)19-12-11-17(21)10-3-13-1-8-16(9-2-13)20(22)23/h1-10,19H,11-12H2. The summed E-state index contributed by atoms with van der Waals surface area (Å²) in [7, 11) is 0. The zero-order chi connectivity index (χ0) is 16.7. The molecular formula is C17H15ClN2O3. The highest BCUT2D eigenvalue weighted by Gasteiger charge is 2.03. The van der Waals surface area contributed by atoms with E-state index in [2.05, 4.69) is 5.32 Å². The molecule has 118 valence electrons. The van der Waals surface area contributed by atoms with Crippen molar-refractivity contribution in [2.45, 2.75) is 6.42 Å². The molecular weight excluding hydrogens is 316 g/mol. The number of carbonyl (C=O) groups is 1. The number of nitro benzene ring substituents is 1. The van der Waals surface area contributed by atoms with Crippen molar-refractivity contribution in [1.82, 2.24) is 0 Å². The fourth-order valence-corrected chi connectivity index (χ4v) is 2.00. The maximum absolute atomic E-state index is 11.8. The van der Waals surface area contributed by atoms with E-state index in [9.17, 15) is 14.9 Å². The number of allylic oxidation sites excluding steroid dienone is 1. The number of benzene rings is 2. The summed E-state index contributed by atoms with van der Waals surface area (Å²) in [4.78, 5) is 21.9. The van der Waals surface area contributed by atoms with Gasteiger partial charge in [0.2, 0.25) is 0 Å². The van der Waals surface area contributed by atoms with Crippen LogP contribution in [-0.2, 0) is 4.79 Å². The Hall–Kier alpha value is -2.66. The van der Waals surface area contributed by atoms with Crippen LogP contribution in [0.1, 0.15) is 12.0 Å². The van der Waals surface area contributed by atoms with E-state index in [1.54, 1.807) is 30.3 Å². The van der Waals surface area contributed by atoms with E-state index in [-0.39, 0.29) is 11.5 Å². The molecule has 0 aliphatic carbocycles. The lowest BCUT2D eigenvalue weighted by Gasteiger charge is -2.04. The highest BCUT2D eigenvalue weighted by Crippen LogP contribution is 2.14. The van der Waals surface area contributed by atoms with Crippen LogP contribution >= 0.6 is 11.6 Å². The Balaban J connectivity index is 1.79. The molecule has 0 saturated heterocycles. The molecule has 2 aromatic rings. The number of anilines is 1. The Morgan fingerprint density at radius 1 is 1.13 bits per heavy atom. The van der Waals surface area contributed by atoms with Gasteiger partial charge < -0.3 is 5.32 Å². The fraction of sp³-hybridized carbons (Fsp3) is 0.118. The Morgan fingerprint density at radius 3 is 2.39 bits per heavy atom. The number of nitro groups is 1. The van der Waals surface area contributed by atoms with Gasteiger partial charge in [0.1, 0.15) is 0 Å².